The highest BCUT2D eigenvalue weighted by Crippen LogP contribution is 2.00. The highest BCUT2D eigenvalue weighted by molar-refractivity contribution is 5.33. The van der Waals surface area contributed by atoms with Crippen molar-refractivity contribution in [2.24, 2.45) is 0 Å². The molecule has 0 fully saturated rings. The monoisotopic (exact) mass is 217 g/mol. The van der Waals surface area contributed by atoms with E-state index in [1.165, 1.54) is 6.07 Å². The molecule has 0 aliphatic heterocycles. The van der Waals surface area contributed by atoms with Crippen molar-refractivity contribution in [1.29, 1.82) is 0 Å². The molecular weight excluding hydrogens is 206 g/mol. The molecule has 0 amide bonds. The molecule has 0 saturated heterocycles. The molecule has 0 radical (unpaired) electrons. The maximum atomic E-state index is 11.2. The number of rotatable bonds is 3. The van der Waals surface area contributed by atoms with Gasteiger partial charge in [-0.2, -0.15) is 10.2 Å². The summed E-state index contributed by atoms with van der Waals surface area (Å²) in [6.45, 7) is 2.22. The highest BCUT2D eigenvalue weighted by atomic mass is 16.1. The van der Waals surface area contributed by atoms with E-state index in [2.05, 4.69) is 25.5 Å². The summed E-state index contributed by atoms with van der Waals surface area (Å²) in [7, 11) is 0. The molecule has 0 spiro atoms. The minimum absolute atomic E-state index is 0.172. The van der Waals surface area contributed by atoms with Crippen LogP contribution < -0.4 is 10.9 Å². The summed E-state index contributed by atoms with van der Waals surface area (Å²) < 4.78 is 0. The van der Waals surface area contributed by atoms with Crippen LogP contribution in [0.4, 0.5) is 5.82 Å². The molecule has 6 heteroatoms. The first-order valence-electron chi connectivity index (χ1n) is 4.82. The average molecular weight is 217 g/mol. The van der Waals surface area contributed by atoms with Gasteiger partial charge in [-0.15, -0.1) is 0 Å². The Morgan fingerprint density at radius 2 is 2.38 bits per heavy atom. The van der Waals surface area contributed by atoms with Crippen molar-refractivity contribution >= 4 is 5.82 Å². The van der Waals surface area contributed by atoms with Crippen LogP contribution in [0.25, 0.3) is 0 Å². The smallest absolute Gasteiger partial charge is 0.252 e. The van der Waals surface area contributed by atoms with E-state index in [-0.39, 0.29) is 5.56 Å². The van der Waals surface area contributed by atoms with Crippen molar-refractivity contribution in [3.05, 3.63) is 46.3 Å². The summed E-state index contributed by atoms with van der Waals surface area (Å²) in [5.74, 6) is 1.11. The van der Waals surface area contributed by atoms with Crippen LogP contribution in [0.1, 0.15) is 11.5 Å². The number of aryl methyl sites for hydroxylation is 1. The number of anilines is 1. The molecule has 2 N–H and O–H groups in total. The first-order valence-corrected chi connectivity index (χ1v) is 4.82. The van der Waals surface area contributed by atoms with Crippen molar-refractivity contribution in [3.63, 3.8) is 0 Å². The zero-order valence-corrected chi connectivity index (χ0v) is 8.77. The van der Waals surface area contributed by atoms with Crippen molar-refractivity contribution in [3.8, 4) is 0 Å². The number of aromatic amines is 1. The normalized spacial score (nSPS) is 10.1. The Balaban J connectivity index is 2.08. The molecule has 0 aliphatic carbocycles. The lowest BCUT2D eigenvalue weighted by atomic mass is 10.4. The highest BCUT2D eigenvalue weighted by Gasteiger charge is 1.98. The SMILES string of the molecule is Cc1nc(NCc2cccnn2)cc(=O)[nH]1. The quantitative estimate of drug-likeness (QED) is 0.781. The molecule has 2 aromatic heterocycles. The van der Waals surface area contributed by atoms with Gasteiger partial charge in [0.15, 0.2) is 0 Å². The number of aromatic nitrogens is 4. The Morgan fingerprint density at radius 1 is 1.50 bits per heavy atom. The van der Waals surface area contributed by atoms with E-state index in [9.17, 15) is 4.79 Å². The van der Waals surface area contributed by atoms with E-state index in [0.29, 0.717) is 18.2 Å². The molecule has 2 aromatic rings. The lowest BCUT2D eigenvalue weighted by Crippen LogP contribution is -2.12. The molecule has 0 aliphatic rings. The first-order chi connectivity index (χ1) is 7.74. The van der Waals surface area contributed by atoms with Gasteiger partial charge in [-0.1, -0.05) is 0 Å². The molecule has 0 saturated carbocycles. The van der Waals surface area contributed by atoms with Gasteiger partial charge < -0.3 is 10.3 Å². The second-order valence-corrected chi connectivity index (χ2v) is 3.28. The third-order valence-electron chi connectivity index (χ3n) is 1.94. The maximum absolute atomic E-state index is 11.2. The summed E-state index contributed by atoms with van der Waals surface area (Å²) in [5, 5.41) is 10.7. The maximum Gasteiger partial charge on any atom is 0.252 e. The van der Waals surface area contributed by atoms with Gasteiger partial charge in [0, 0.05) is 12.3 Å². The molecule has 82 valence electrons. The van der Waals surface area contributed by atoms with Gasteiger partial charge in [-0.05, 0) is 19.1 Å². The van der Waals surface area contributed by atoms with Gasteiger partial charge in [0.25, 0.3) is 5.56 Å². The van der Waals surface area contributed by atoms with E-state index in [0.717, 1.165) is 5.69 Å². The largest absolute Gasteiger partial charge is 0.364 e. The molecular formula is C10H11N5O. The summed E-state index contributed by atoms with van der Waals surface area (Å²) >= 11 is 0. The fraction of sp³-hybridized carbons (Fsp3) is 0.200. The van der Waals surface area contributed by atoms with Crippen molar-refractivity contribution in [1.82, 2.24) is 20.2 Å². The van der Waals surface area contributed by atoms with Crippen LogP contribution in [-0.2, 0) is 6.54 Å². The lowest BCUT2D eigenvalue weighted by molar-refractivity contribution is 0.913. The third-order valence-corrected chi connectivity index (χ3v) is 1.94. The number of nitrogens with zero attached hydrogens (tertiary/aromatic N) is 3. The van der Waals surface area contributed by atoms with Gasteiger partial charge in [-0.3, -0.25) is 4.79 Å². The molecule has 0 bridgehead atoms. The Hall–Kier alpha value is -2.24. The van der Waals surface area contributed by atoms with Gasteiger partial charge in [0.1, 0.15) is 11.6 Å². The zero-order valence-electron chi connectivity index (χ0n) is 8.77. The standard InChI is InChI=1S/C10H11N5O/c1-7-13-9(5-10(16)14-7)11-6-8-3-2-4-12-15-8/h2-5H,6H2,1H3,(H2,11,13,14,16). The predicted octanol–water partition coefficient (Wildman–Crippen LogP) is 0.480. The molecule has 2 rings (SSSR count). The minimum Gasteiger partial charge on any atom is -0.364 e. The Morgan fingerprint density at radius 3 is 3.06 bits per heavy atom. The Bertz CT molecular complexity index is 522. The number of hydrogen-bond acceptors (Lipinski definition) is 5. The third kappa shape index (κ3) is 2.63. The van der Waals surface area contributed by atoms with E-state index >= 15 is 0 Å². The topological polar surface area (TPSA) is 83.6 Å². The minimum atomic E-state index is -0.172. The molecule has 6 nitrogen and oxygen atoms in total. The summed E-state index contributed by atoms with van der Waals surface area (Å²) in [6, 6.07) is 5.06. The van der Waals surface area contributed by atoms with Crippen LogP contribution in [0.3, 0.4) is 0 Å². The van der Waals surface area contributed by atoms with Gasteiger partial charge in [0.2, 0.25) is 0 Å². The van der Waals surface area contributed by atoms with Crippen LogP contribution >= 0.6 is 0 Å². The Labute approximate surface area is 91.8 Å². The number of H-pyrrole nitrogens is 1. The zero-order chi connectivity index (χ0) is 11.4. The first kappa shape index (κ1) is 10.3. The van der Waals surface area contributed by atoms with Crippen LogP contribution in [-0.4, -0.2) is 20.2 Å². The fourth-order valence-corrected chi connectivity index (χ4v) is 1.28. The second kappa shape index (κ2) is 4.52. The fourth-order valence-electron chi connectivity index (χ4n) is 1.28. The second-order valence-electron chi connectivity index (χ2n) is 3.28. The summed E-state index contributed by atoms with van der Waals surface area (Å²) in [6.07, 6.45) is 1.61. The molecule has 0 unspecified atom stereocenters. The van der Waals surface area contributed by atoms with Crippen LogP contribution in [0.5, 0.6) is 0 Å². The molecule has 2 heterocycles. The van der Waals surface area contributed by atoms with Gasteiger partial charge in [0.05, 0.1) is 12.2 Å². The van der Waals surface area contributed by atoms with Crippen LogP contribution in [0.2, 0.25) is 0 Å². The van der Waals surface area contributed by atoms with E-state index < -0.39 is 0 Å². The van der Waals surface area contributed by atoms with Gasteiger partial charge in [-0.25, -0.2) is 4.98 Å². The van der Waals surface area contributed by atoms with Crippen molar-refractivity contribution in [2.45, 2.75) is 13.5 Å². The predicted molar refractivity (Wildman–Crippen MR) is 59.0 cm³/mol. The average Bonchev–Trinajstić information content (AvgIpc) is 2.27. The number of nitrogens with one attached hydrogen (secondary N) is 2. The van der Waals surface area contributed by atoms with Crippen molar-refractivity contribution in [2.75, 3.05) is 5.32 Å². The van der Waals surface area contributed by atoms with Crippen LogP contribution in [0.15, 0.2) is 29.2 Å². The number of hydrogen-bond donors (Lipinski definition) is 2. The molecule has 0 atom stereocenters. The lowest BCUT2D eigenvalue weighted by Gasteiger charge is -2.04. The van der Waals surface area contributed by atoms with E-state index in [1.54, 1.807) is 19.2 Å². The van der Waals surface area contributed by atoms with Gasteiger partial charge >= 0.3 is 0 Å². The van der Waals surface area contributed by atoms with E-state index in [4.69, 9.17) is 0 Å². The molecule has 16 heavy (non-hydrogen) atoms. The van der Waals surface area contributed by atoms with E-state index in [1.807, 2.05) is 6.07 Å². The Kier molecular flexibility index (Phi) is 2.90. The summed E-state index contributed by atoms with van der Waals surface area (Å²) in [4.78, 5) is 17.9. The molecule has 0 aromatic carbocycles. The van der Waals surface area contributed by atoms with Crippen LogP contribution in [0, 0.1) is 6.92 Å². The van der Waals surface area contributed by atoms with Crippen molar-refractivity contribution < 1.29 is 0 Å². The summed E-state index contributed by atoms with van der Waals surface area (Å²) in [5.41, 5.74) is 0.622.